The molecule has 0 aliphatic heterocycles. The number of benzene rings is 1. The first-order chi connectivity index (χ1) is 10.4. The molecule has 0 spiro atoms. The first-order valence-corrected chi connectivity index (χ1v) is 7.16. The van der Waals surface area contributed by atoms with E-state index in [9.17, 15) is 0 Å². The number of ether oxygens (including phenoxy) is 1. The number of fused-ring (bicyclic) bond motifs is 1. The molecule has 0 saturated heterocycles. The molecule has 1 aromatic carbocycles. The van der Waals surface area contributed by atoms with Crippen LogP contribution in [0.3, 0.4) is 0 Å². The summed E-state index contributed by atoms with van der Waals surface area (Å²) in [5.74, 6) is 2.84. The van der Waals surface area contributed by atoms with Crippen LogP contribution in [-0.2, 0) is 13.0 Å². The third kappa shape index (κ3) is 2.86. The van der Waals surface area contributed by atoms with Crippen LogP contribution in [0.25, 0.3) is 10.9 Å². The van der Waals surface area contributed by atoms with Gasteiger partial charge in [-0.1, -0.05) is 11.2 Å². The second kappa shape index (κ2) is 5.16. The quantitative estimate of drug-likeness (QED) is 0.719. The van der Waals surface area contributed by atoms with E-state index in [1.807, 2.05) is 30.3 Å². The summed E-state index contributed by atoms with van der Waals surface area (Å²) >= 11 is 0. The Morgan fingerprint density at radius 1 is 1.24 bits per heavy atom. The maximum Gasteiger partial charge on any atom is 0.264 e. The summed E-state index contributed by atoms with van der Waals surface area (Å²) < 4.78 is 10.9. The minimum Gasteiger partial charge on any atom is -0.484 e. The van der Waals surface area contributed by atoms with Crippen molar-refractivity contribution in [2.45, 2.75) is 25.9 Å². The Bertz CT molecular complexity index is 765. The highest BCUT2D eigenvalue weighted by atomic mass is 16.5. The van der Waals surface area contributed by atoms with Crippen LogP contribution in [0.15, 0.2) is 41.1 Å². The van der Waals surface area contributed by atoms with Gasteiger partial charge < -0.3 is 9.26 Å². The van der Waals surface area contributed by atoms with Crippen molar-refractivity contribution in [2.24, 2.45) is 5.92 Å². The largest absolute Gasteiger partial charge is 0.484 e. The lowest BCUT2D eigenvalue weighted by molar-refractivity contribution is 0.242. The molecule has 0 amide bonds. The van der Waals surface area contributed by atoms with E-state index in [-0.39, 0.29) is 0 Å². The fraction of sp³-hybridized carbons (Fsp3) is 0.312. The third-order valence-electron chi connectivity index (χ3n) is 3.62. The van der Waals surface area contributed by atoms with Gasteiger partial charge in [0.2, 0.25) is 0 Å². The Hall–Kier alpha value is -2.43. The van der Waals surface area contributed by atoms with Crippen LogP contribution in [0.4, 0.5) is 0 Å². The molecule has 1 aliphatic rings. The van der Waals surface area contributed by atoms with Gasteiger partial charge in [-0.25, -0.2) is 0 Å². The average molecular weight is 281 g/mol. The molecule has 2 aromatic heterocycles. The maximum absolute atomic E-state index is 5.71. The average Bonchev–Trinajstić information content (AvgIpc) is 3.22. The monoisotopic (exact) mass is 281 g/mol. The molecule has 0 radical (unpaired) electrons. The van der Waals surface area contributed by atoms with Crippen molar-refractivity contribution >= 4 is 10.9 Å². The summed E-state index contributed by atoms with van der Waals surface area (Å²) in [5, 5.41) is 5.03. The lowest BCUT2D eigenvalue weighted by atomic mass is 10.2. The summed E-state index contributed by atoms with van der Waals surface area (Å²) in [5.41, 5.74) is 0.953. The molecule has 1 fully saturated rings. The summed E-state index contributed by atoms with van der Waals surface area (Å²) in [6.07, 6.45) is 5.27. The fourth-order valence-electron chi connectivity index (χ4n) is 2.30. The van der Waals surface area contributed by atoms with Crippen molar-refractivity contribution in [2.75, 3.05) is 0 Å². The SMILES string of the molecule is c1cnc2ccc(OCc3nc(CC4CC4)no3)cc2c1. The van der Waals surface area contributed by atoms with Gasteiger partial charge in [0.25, 0.3) is 5.89 Å². The summed E-state index contributed by atoms with van der Waals surface area (Å²) in [6.45, 7) is 0.295. The topological polar surface area (TPSA) is 61.0 Å². The highest BCUT2D eigenvalue weighted by molar-refractivity contribution is 5.79. The number of hydrogen-bond donors (Lipinski definition) is 0. The number of pyridine rings is 1. The Morgan fingerprint density at radius 3 is 3.10 bits per heavy atom. The predicted octanol–water partition coefficient (Wildman–Crippen LogP) is 3.15. The molecular formula is C16H15N3O2. The minimum atomic E-state index is 0.295. The second-order valence-electron chi connectivity index (χ2n) is 5.40. The van der Waals surface area contributed by atoms with Gasteiger partial charge in [0.05, 0.1) is 5.52 Å². The van der Waals surface area contributed by atoms with Gasteiger partial charge in [-0.2, -0.15) is 4.98 Å². The van der Waals surface area contributed by atoms with Gasteiger partial charge in [-0.3, -0.25) is 4.98 Å². The van der Waals surface area contributed by atoms with Gasteiger partial charge in [-0.05, 0) is 43.0 Å². The van der Waals surface area contributed by atoms with E-state index in [0.717, 1.165) is 34.8 Å². The van der Waals surface area contributed by atoms with Crippen molar-refractivity contribution in [3.05, 3.63) is 48.2 Å². The zero-order chi connectivity index (χ0) is 14.1. The van der Waals surface area contributed by atoms with Crippen LogP contribution in [0.2, 0.25) is 0 Å². The predicted molar refractivity (Wildman–Crippen MR) is 76.8 cm³/mol. The standard InChI is InChI=1S/C16H15N3O2/c1-2-12-9-13(5-6-14(12)17-7-1)20-10-16-18-15(19-21-16)8-11-3-4-11/h1-2,5-7,9,11H,3-4,8,10H2. The summed E-state index contributed by atoms with van der Waals surface area (Å²) in [4.78, 5) is 8.63. The number of aromatic nitrogens is 3. The molecule has 0 unspecified atom stereocenters. The lowest BCUT2D eigenvalue weighted by Crippen LogP contribution is -1.97. The van der Waals surface area contributed by atoms with Crippen LogP contribution in [0.5, 0.6) is 5.75 Å². The molecule has 0 N–H and O–H groups in total. The zero-order valence-electron chi connectivity index (χ0n) is 11.5. The van der Waals surface area contributed by atoms with Crippen molar-refractivity contribution in [3.63, 3.8) is 0 Å². The van der Waals surface area contributed by atoms with Crippen molar-refractivity contribution in [3.8, 4) is 5.75 Å². The Morgan fingerprint density at radius 2 is 2.19 bits per heavy atom. The number of rotatable bonds is 5. The molecule has 0 bridgehead atoms. The van der Waals surface area contributed by atoms with E-state index in [1.54, 1.807) is 6.20 Å². The van der Waals surface area contributed by atoms with Crippen LogP contribution in [-0.4, -0.2) is 15.1 Å². The second-order valence-corrected chi connectivity index (χ2v) is 5.40. The minimum absolute atomic E-state index is 0.295. The maximum atomic E-state index is 5.71. The van der Waals surface area contributed by atoms with E-state index in [1.165, 1.54) is 12.8 Å². The van der Waals surface area contributed by atoms with Crippen molar-refractivity contribution in [1.82, 2.24) is 15.1 Å². The lowest BCUT2D eigenvalue weighted by Gasteiger charge is -2.04. The van der Waals surface area contributed by atoms with Gasteiger partial charge in [-0.15, -0.1) is 0 Å². The summed E-state index contributed by atoms with van der Waals surface area (Å²) in [7, 11) is 0. The first kappa shape index (κ1) is 12.3. The zero-order valence-corrected chi connectivity index (χ0v) is 11.5. The van der Waals surface area contributed by atoms with Crippen molar-refractivity contribution < 1.29 is 9.26 Å². The van der Waals surface area contributed by atoms with Crippen LogP contribution in [0, 0.1) is 5.92 Å². The van der Waals surface area contributed by atoms with E-state index in [0.29, 0.717) is 12.5 Å². The van der Waals surface area contributed by atoms with E-state index in [2.05, 4.69) is 15.1 Å². The molecule has 2 heterocycles. The Balaban J connectivity index is 1.43. The molecule has 4 rings (SSSR count). The van der Waals surface area contributed by atoms with Gasteiger partial charge in [0.15, 0.2) is 12.4 Å². The molecular weight excluding hydrogens is 266 g/mol. The third-order valence-corrected chi connectivity index (χ3v) is 3.62. The number of nitrogens with zero attached hydrogens (tertiary/aromatic N) is 3. The van der Waals surface area contributed by atoms with Gasteiger partial charge in [0.1, 0.15) is 5.75 Å². The molecule has 21 heavy (non-hydrogen) atoms. The van der Waals surface area contributed by atoms with Crippen LogP contribution >= 0.6 is 0 Å². The molecule has 0 atom stereocenters. The molecule has 5 heteroatoms. The van der Waals surface area contributed by atoms with E-state index in [4.69, 9.17) is 9.26 Å². The van der Waals surface area contributed by atoms with Gasteiger partial charge >= 0.3 is 0 Å². The molecule has 3 aromatic rings. The van der Waals surface area contributed by atoms with Crippen LogP contribution < -0.4 is 4.74 Å². The van der Waals surface area contributed by atoms with Gasteiger partial charge in [0, 0.05) is 18.0 Å². The Kier molecular flexibility index (Phi) is 3.03. The highest BCUT2D eigenvalue weighted by Crippen LogP contribution is 2.31. The molecule has 1 saturated carbocycles. The normalized spacial score (nSPS) is 14.5. The van der Waals surface area contributed by atoms with E-state index < -0.39 is 0 Å². The first-order valence-electron chi connectivity index (χ1n) is 7.16. The Labute approximate surface area is 122 Å². The number of hydrogen-bond acceptors (Lipinski definition) is 5. The van der Waals surface area contributed by atoms with E-state index >= 15 is 0 Å². The molecule has 5 nitrogen and oxygen atoms in total. The molecule has 1 aliphatic carbocycles. The highest BCUT2D eigenvalue weighted by Gasteiger charge is 2.24. The van der Waals surface area contributed by atoms with Crippen molar-refractivity contribution in [1.29, 1.82) is 0 Å². The smallest absolute Gasteiger partial charge is 0.264 e. The fourth-order valence-corrected chi connectivity index (χ4v) is 2.30. The van der Waals surface area contributed by atoms with Crippen LogP contribution in [0.1, 0.15) is 24.6 Å². The summed E-state index contributed by atoms with van der Waals surface area (Å²) in [6, 6.07) is 9.72. The molecule has 106 valence electrons.